The van der Waals surface area contributed by atoms with Gasteiger partial charge in [0.25, 0.3) is 0 Å². The number of carbonyl (C=O) groups excluding carboxylic acids is 2. The van der Waals surface area contributed by atoms with E-state index >= 15 is 0 Å². The van der Waals surface area contributed by atoms with Crippen molar-refractivity contribution in [3.05, 3.63) is 76.8 Å². The molecule has 11 nitrogen and oxygen atoms in total. The van der Waals surface area contributed by atoms with Crippen molar-refractivity contribution in [3.63, 3.8) is 0 Å². The molecule has 3 unspecified atom stereocenters. The average molecular weight is 621 g/mol. The Morgan fingerprint density at radius 1 is 1.05 bits per heavy atom. The number of aliphatic imine (C=N–C) groups is 1. The third-order valence-electron chi connectivity index (χ3n) is 7.56. The number of phenols is 2. The van der Waals surface area contributed by atoms with E-state index in [1.165, 1.54) is 12.1 Å². The Balaban J connectivity index is 1.32. The van der Waals surface area contributed by atoms with Crippen LogP contribution >= 0.6 is 11.6 Å². The molecule has 3 atom stereocenters. The number of carbonyl (C=O) groups is 2. The zero-order valence-corrected chi connectivity index (χ0v) is 25.4. The van der Waals surface area contributed by atoms with Gasteiger partial charge in [-0.15, -0.1) is 0 Å². The van der Waals surface area contributed by atoms with Crippen molar-refractivity contribution in [2.75, 3.05) is 23.4 Å². The number of para-hydroxylation sites is 1. The van der Waals surface area contributed by atoms with E-state index in [1.807, 2.05) is 49.4 Å². The number of nitrogens with zero attached hydrogens (tertiary/aromatic N) is 2. The zero-order chi connectivity index (χ0) is 31.2. The van der Waals surface area contributed by atoms with Crippen LogP contribution in [0.2, 0.25) is 5.02 Å². The first-order chi connectivity index (χ1) is 21.2. The molecule has 1 saturated heterocycles. The molecule has 0 bridgehead atoms. The lowest BCUT2D eigenvalue weighted by atomic mass is 9.99. The molecule has 2 heterocycles. The average Bonchev–Trinajstić information content (AvgIpc) is 3.32. The molecule has 6 N–H and O–H groups in total. The van der Waals surface area contributed by atoms with Crippen molar-refractivity contribution in [2.24, 2.45) is 4.99 Å². The lowest BCUT2D eigenvalue weighted by Crippen LogP contribution is -2.47. The summed E-state index contributed by atoms with van der Waals surface area (Å²) in [5, 5.41) is 25.6. The van der Waals surface area contributed by atoms with Crippen LogP contribution in [0.4, 0.5) is 11.4 Å². The zero-order valence-electron chi connectivity index (χ0n) is 24.6. The van der Waals surface area contributed by atoms with E-state index in [0.29, 0.717) is 36.8 Å². The van der Waals surface area contributed by atoms with E-state index in [0.717, 1.165) is 22.5 Å². The number of fused-ring (bicyclic) bond motifs is 3. The van der Waals surface area contributed by atoms with Gasteiger partial charge in [0.15, 0.2) is 11.5 Å². The molecule has 12 heteroatoms. The first-order valence-corrected chi connectivity index (χ1v) is 15.1. The van der Waals surface area contributed by atoms with E-state index in [4.69, 9.17) is 21.3 Å². The molecule has 3 aromatic carbocycles. The Hall–Kier alpha value is -4.32. The van der Waals surface area contributed by atoms with Crippen LogP contribution in [0, 0.1) is 0 Å². The highest BCUT2D eigenvalue weighted by molar-refractivity contribution is 6.30. The van der Waals surface area contributed by atoms with Gasteiger partial charge >= 0.3 is 0 Å². The summed E-state index contributed by atoms with van der Waals surface area (Å²) in [5.41, 5.74) is 10.2. The fourth-order valence-electron chi connectivity index (χ4n) is 5.43. The Bertz CT molecular complexity index is 1530. The van der Waals surface area contributed by atoms with Crippen LogP contribution in [0.1, 0.15) is 50.7 Å². The van der Waals surface area contributed by atoms with Gasteiger partial charge in [-0.2, -0.15) is 0 Å². The standard InChI is InChI=1S/C32H37ClN6O5/c1-3-34-29(42)18-25-32-38-37-19(2)39(32)26-15-14-22(17-23(26)30(36-25)20-10-12-21(33)13-11-20)44-16-5-4-9-28(41)35-24-7-6-8-27(40)31(24)43/h6-8,10-15,17,19,25,32,37-38,40,43H,3-5,9,16,18H2,1-2H3,(H,34,42)(H,35,41). The second-order valence-electron chi connectivity index (χ2n) is 10.7. The minimum absolute atomic E-state index is 0.0602. The second-order valence-corrected chi connectivity index (χ2v) is 11.2. The minimum Gasteiger partial charge on any atom is -0.504 e. The number of ether oxygens (including phenoxy) is 1. The van der Waals surface area contributed by atoms with E-state index in [1.54, 1.807) is 6.07 Å². The molecular formula is C32H37ClN6O5. The number of benzene rings is 3. The molecule has 2 amide bonds. The van der Waals surface area contributed by atoms with Crippen LogP contribution in [0.25, 0.3) is 0 Å². The quantitative estimate of drug-likeness (QED) is 0.138. The van der Waals surface area contributed by atoms with Gasteiger partial charge in [0, 0.05) is 34.8 Å². The predicted octanol–water partition coefficient (Wildman–Crippen LogP) is 4.27. The topological polar surface area (TPSA) is 148 Å². The maximum Gasteiger partial charge on any atom is 0.224 e. The number of anilines is 2. The van der Waals surface area contributed by atoms with E-state index in [2.05, 4.69) is 33.3 Å². The summed E-state index contributed by atoms with van der Waals surface area (Å²) in [6.45, 7) is 4.88. The first kappa shape index (κ1) is 31.1. The molecule has 1 fully saturated rings. The molecule has 0 saturated carbocycles. The van der Waals surface area contributed by atoms with E-state index in [-0.39, 0.29) is 60.2 Å². The second kappa shape index (κ2) is 14.0. The first-order valence-electron chi connectivity index (χ1n) is 14.7. The lowest BCUT2D eigenvalue weighted by Gasteiger charge is -2.31. The molecule has 2 aliphatic heterocycles. The largest absolute Gasteiger partial charge is 0.504 e. The highest BCUT2D eigenvalue weighted by Gasteiger charge is 2.40. The van der Waals surface area contributed by atoms with Gasteiger partial charge in [-0.05, 0) is 69.2 Å². The van der Waals surface area contributed by atoms with Crippen molar-refractivity contribution in [1.29, 1.82) is 0 Å². The fourth-order valence-corrected chi connectivity index (χ4v) is 5.55. The van der Waals surface area contributed by atoms with Gasteiger partial charge in [-0.3, -0.25) is 14.6 Å². The van der Waals surface area contributed by atoms with Crippen molar-refractivity contribution < 1.29 is 24.5 Å². The molecule has 0 aliphatic carbocycles. The van der Waals surface area contributed by atoms with Gasteiger partial charge in [-0.1, -0.05) is 29.8 Å². The van der Waals surface area contributed by atoms with Crippen LogP contribution in [0.15, 0.2) is 65.7 Å². The lowest BCUT2D eigenvalue weighted by molar-refractivity contribution is -0.121. The molecule has 0 aromatic heterocycles. The summed E-state index contributed by atoms with van der Waals surface area (Å²) in [5.74, 6) is -0.323. The highest BCUT2D eigenvalue weighted by atomic mass is 35.5. The van der Waals surface area contributed by atoms with Crippen LogP contribution < -0.4 is 31.1 Å². The van der Waals surface area contributed by atoms with Gasteiger partial charge in [-0.25, -0.2) is 10.9 Å². The molecule has 2 aliphatic rings. The smallest absolute Gasteiger partial charge is 0.224 e. The summed E-state index contributed by atoms with van der Waals surface area (Å²) < 4.78 is 6.12. The van der Waals surface area contributed by atoms with Gasteiger partial charge in [0.2, 0.25) is 11.8 Å². The van der Waals surface area contributed by atoms with Gasteiger partial charge < -0.3 is 30.5 Å². The van der Waals surface area contributed by atoms with Crippen molar-refractivity contribution in [2.45, 2.75) is 57.9 Å². The molecule has 44 heavy (non-hydrogen) atoms. The summed E-state index contributed by atoms with van der Waals surface area (Å²) >= 11 is 6.21. The number of phenolic OH excluding ortho intramolecular Hbond substituents is 2. The number of aromatic hydroxyl groups is 2. The van der Waals surface area contributed by atoms with Crippen LogP contribution in [-0.4, -0.2) is 59.3 Å². The van der Waals surface area contributed by atoms with Crippen molar-refractivity contribution in [3.8, 4) is 17.2 Å². The molecular weight excluding hydrogens is 584 g/mol. The van der Waals surface area contributed by atoms with Crippen molar-refractivity contribution in [1.82, 2.24) is 16.2 Å². The number of rotatable bonds is 11. The Labute approximate surface area is 261 Å². The predicted molar refractivity (Wildman–Crippen MR) is 170 cm³/mol. The fraction of sp³-hybridized carbons (Fsp3) is 0.344. The normalized spacial score (nSPS) is 18.9. The number of unbranched alkanes of at least 4 members (excludes halogenated alkanes) is 1. The Morgan fingerprint density at radius 2 is 1.84 bits per heavy atom. The van der Waals surface area contributed by atoms with Crippen LogP contribution in [0.5, 0.6) is 17.2 Å². The third-order valence-corrected chi connectivity index (χ3v) is 7.81. The number of hydrazine groups is 1. The third kappa shape index (κ3) is 7.07. The molecule has 232 valence electrons. The molecule has 0 radical (unpaired) electrons. The van der Waals surface area contributed by atoms with Crippen molar-refractivity contribution >= 4 is 40.5 Å². The minimum atomic E-state index is -0.380. The summed E-state index contributed by atoms with van der Waals surface area (Å²) in [7, 11) is 0. The number of nitrogens with one attached hydrogen (secondary N) is 4. The molecule has 0 spiro atoms. The van der Waals surface area contributed by atoms with Gasteiger partial charge in [0.05, 0.1) is 36.6 Å². The molecule has 3 aromatic rings. The summed E-state index contributed by atoms with van der Waals surface area (Å²) in [6.07, 6.45) is 1.33. The van der Waals surface area contributed by atoms with E-state index in [9.17, 15) is 19.8 Å². The summed E-state index contributed by atoms with van der Waals surface area (Å²) in [6, 6.07) is 17.4. The summed E-state index contributed by atoms with van der Waals surface area (Å²) in [4.78, 5) is 32.4. The molecule has 5 rings (SSSR count). The number of amides is 2. The number of hydrogen-bond acceptors (Lipinski definition) is 9. The maximum atomic E-state index is 12.7. The van der Waals surface area contributed by atoms with Crippen LogP contribution in [0.3, 0.4) is 0 Å². The van der Waals surface area contributed by atoms with E-state index < -0.39 is 0 Å². The Kier molecular flexibility index (Phi) is 9.89. The Morgan fingerprint density at radius 3 is 2.61 bits per heavy atom. The SMILES string of the molecule is CCNC(=O)CC1N=C(c2ccc(Cl)cc2)c2cc(OCCCCC(=O)Nc3cccc(O)c3O)ccc2N2C(C)NNC12. The number of halogens is 1. The van der Waals surface area contributed by atoms with Gasteiger partial charge in [0.1, 0.15) is 11.9 Å². The highest BCUT2D eigenvalue weighted by Crippen LogP contribution is 2.36. The van der Waals surface area contributed by atoms with Crippen LogP contribution in [-0.2, 0) is 9.59 Å². The maximum absolute atomic E-state index is 12.7. The number of hydrogen-bond donors (Lipinski definition) is 6. The monoisotopic (exact) mass is 620 g/mol.